The van der Waals surface area contributed by atoms with Crippen LogP contribution in [0.3, 0.4) is 0 Å². The number of sulfonamides is 1. The van der Waals surface area contributed by atoms with Gasteiger partial charge in [-0.25, -0.2) is 13.2 Å². The number of para-hydroxylation sites is 2. The van der Waals surface area contributed by atoms with E-state index in [1.807, 2.05) is 30.3 Å². The topological polar surface area (TPSA) is 154 Å². The fourth-order valence-electron chi connectivity index (χ4n) is 6.99. The van der Waals surface area contributed by atoms with Crippen LogP contribution >= 0.6 is 0 Å². The number of piperidine rings is 1. The maximum atomic E-state index is 13.9. The highest BCUT2D eigenvalue weighted by Crippen LogP contribution is 2.46. The van der Waals surface area contributed by atoms with E-state index in [0.717, 1.165) is 50.9 Å². The number of rotatable bonds is 15. The molecule has 0 radical (unpaired) electrons. The summed E-state index contributed by atoms with van der Waals surface area (Å²) in [6.07, 6.45) is 9.10. The zero-order valence-electron chi connectivity index (χ0n) is 27.8. The summed E-state index contributed by atoms with van der Waals surface area (Å²) >= 11 is 0. The average molecular weight is 684 g/mol. The number of carbonyl (C=O) groups is 4. The SMILES string of the molecule is C=CCCCCN(C)C(=O)C1CC(OC(=O)Nc2ccccc2N2CCCCC2)CC1C(=O)NC1(C(=O)NS(=O)(=O)C2CC2)CC1C=C. The summed E-state index contributed by atoms with van der Waals surface area (Å²) in [6, 6.07) is 7.56. The summed E-state index contributed by atoms with van der Waals surface area (Å²) in [5.74, 6) is -3.77. The number of unbranched alkanes of at least 4 members (excludes halogenated alkanes) is 2. The lowest BCUT2D eigenvalue weighted by Gasteiger charge is -2.30. The number of ether oxygens (including phenoxy) is 1. The molecule has 5 atom stereocenters. The van der Waals surface area contributed by atoms with Crippen LogP contribution in [0, 0.1) is 17.8 Å². The highest BCUT2D eigenvalue weighted by Gasteiger charge is 2.62. The van der Waals surface area contributed by atoms with Gasteiger partial charge in [-0.2, -0.15) is 0 Å². The number of allylic oxidation sites excluding steroid dienone is 1. The highest BCUT2D eigenvalue weighted by molar-refractivity contribution is 7.91. The van der Waals surface area contributed by atoms with Gasteiger partial charge < -0.3 is 19.9 Å². The van der Waals surface area contributed by atoms with Crippen molar-refractivity contribution in [1.82, 2.24) is 14.9 Å². The molecule has 3 N–H and O–H groups in total. The van der Waals surface area contributed by atoms with Gasteiger partial charge in [-0.05, 0) is 82.8 Å². The maximum absolute atomic E-state index is 13.9. The molecular weight excluding hydrogens is 634 g/mol. The Morgan fingerprint density at radius 3 is 2.42 bits per heavy atom. The van der Waals surface area contributed by atoms with Crippen molar-refractivity contribution in [3.05, 3.63) is 49.6 Å². The molecule has 48 heavy (non-hydrogen) atoms. The number of anilines is 2. The van der Waals surface area contributed by atoms with Crippen LogP contribution in [0.25, 0.3) is 0 Å². The molecule has 5 rings (SSSR count). The zero-order chi connectivity index (χ0) is 34.5. The molecule has 1 aliphatic heterocycles. The van der Waals surface area contributed by atoms with Crippen LogP contribution in [0.1, 0.15) is 70.6 Å². The summed E-state index contributed by atoms with van der Waals surface area (Å²) in [5, 5.41) is 5.07. The molecule has 3 aliphatic carbocycles. The second kappa shape index (κ2) is 15.1. The van der Waals surface area contributed by atoms with E-state index in [0.29, 0.717) is 25.1 Å². The Labute approximate surface area is 283 Å². The Kier molecular flexibility index (Phi) is 11.2. The van der Waals surface area contributed by atoms with Crippen LogP contribution < -0.4 is 20.3 Å². The molecule has 13 heteroatoms. The van der Waals surface area contributed by atoms with E-state index in [-0.39, 0.29) is 25.2 Å². The molecule has 262 valence electrons. The van der Waals surface area contributed by atoms with Crippen LogP contribution in [0.4, 0.5) is 16.2 Å². The first-order valence-corrected chi connectivity index (χ1v) is 18.7. The first-order valence-electron chi connectivity index (χ1n) is 17.2. The fraction of sp³-hybridized carbons (Fsp3) is 0.600. The van der Waals surface area contributed by atoms with Crippen molar-refractivity contribution in [2.24, 2.45) is 17.8 Å². The van der Waals surface area contributed by atoms with Gasteiger partial charge in [0.15, 0.2) is 0 Å². The van der Waals surface area contributed by atoms with Crippen molar-refractivity contribution < 1.29 is 32.3 Å². The van der Waals surface area contributed by atoms with Gasteiger partial charge in [0.05, 0.1) is 28.5 Å². The zero-order valence-corrected chi connectivity index (χ0v) is 28.6. The van der Waals surface area contributed by atoms with E-state index in [2.05, 4.69) is 33.4 Å². The predicted octanol–water partition coefficient (Wildman–Crippen LogP) is 4.10. The number of hydrogen-bond donors (Lipinski definition) is 3. The summed E-state index contributed by atoms with van der Waals surface area (Å²) in [7, 11) is -2.15. The van der Waals surface area contributed by atoms with Gasteiger partial charge in [-0.3, -0.25) is 24.4 Å². The molecule has 4 fully saturated rings. The van der Waals surface area contributed by atoms with Gasteiger partial charge in [0.1, 0.15) is 11.6 Å². The van der Waals surface area contributed by atoms with E-state index in [4.69, 9.17) is 4.74 Å². The van der Waals surface area contributed by atoms with Crippen molar-refractivity contribution in [3.8, 4) is 0 Å². The molecule has 1 aromatic rings. The molecule has 0 bridgehead atoms. The van der Waals surface area contributed by atoms with Gasteiger partial charge in [0.2, 0.25) is 21.8 Å². The van der Waals surface area contributed by atoms with Crippen LogP contribution in [0.2, 0.25) is 0 Å². The first-order chi connectivity index (χ1) is 23.0. The van der Waals surface area contributed by atoms with Crippen molar-refractivity contribution in [2.75, 3.05) is 36.9 Å². The molecule has 4 amide bonds. The van der Waals surface area contributed by atoms with Crippen molar-refractivity contribution in [2.45, 2.75) is 87.5 Å². The van der Waals surface area contributed by atoms with Gasteiger partial charge in [-0.1, -0.05) is 24.3 Å². The molecule has 1 heterocycles. The van der Waals surface area contributed by atoms with E-state index in [9.17, 15) is 27.6 Å². The highest BCUT2D eigenvalue weighted by atomic mass is 32.2. The monoisotopic (exact) mass is 683 g/mol. The van der Waals surface area contributed by atoms with Crippen molar-refractivity contribution in [1.29, 1.82) is 0 Å². The Hall–Kier alpha value is -3.87. The van der Waals surface area contributed by atoms with Crippen LogP contribution in [-0.4, -0.2) is 80.7 Å². The quantitative estimate of drug-likeness (QED) is 0.185. The van der Waals surface area contributed by atoms with Crippen LogP contribution in [0.15, 0.2) is 49.6 Å². The Morgan fingerprint density at radius 1 is 1.04 bits per heavy atom. The van der Waals surface area contributed by atoms with E-state index in [1.54, 1.807) is 11.9 Å². The minimum Gasteiger partial charge on any atom is -0.446 e. The standard InChI is InChI=1S/C35H49N5O7S/c1-4-6-7-11-18-39(3)32(42)28-22-25(47-34(44)36-29-14-9-10-15-30(29)40-19-12-8-13-20-40)21-27(28)31(41)37-35(23-24(35)5-2)33(43)38-48(45,46)26-16-17-26/h4-5,9-10,14-15,24-28H,1-2,6-8,11-13,16-23H2,3H3,(H,36,44)(H,37,41)(H,38,43). The number of amides is 4. The third-order valence-electron chi connectivity index (χ3n) is 10.1. The predicted molar refractivity (Wildman–Crippen MR) is 184 cm³/mol. The molecule has 3 saturated carbocycles. The lowest BCUT2D eigenvalue weighted by Crippen LogP contribution is -2.54. The molecule has 4 aliphatic rings. The first kappa shape index (κ1) is 35.4. The molecule has 0 aromatic heterocycles. The second-order valence-corrected chi connectivity index (χ2v) is 15.6. The molecular formula is C35H49N5O7S. The normalized spacial score (nSPS) is 26.6. The summed E-state index contributed by atoms with van der Waals surface area (Å²) in [6.45, 7) is 9.78. The lowest BCUT2D eigenvalue weighted by molar-refractivity contribution is -0.140. The van der Waals surface area contributed by atoms with Crippen LogP contribution in [0.5, 0.6) is 0 Å². The van der Waals surface area contributed by atoms with Gasteiger partial charge in [0, 0.05) is 32.6 Å². The number of carbonyl (C=O) groups excluding carboxylic acids is 4. The number of hydrogen-bond acceptors (Lipinski definition) is 8. The second-order valence-electron chi connectivity index (χ2n) is 13.6. The lowest BCUT2D eigenvalue weighted by atomic mass is 9.93. The molecule has 1 aromatic carbocycles. The van der Waals surface area contributed by atoms with Gasteiger partial charge in [0.25, 0.3) is 5.91 Å². The molecule has 1 saturated heterocycles. The summed E-state index contributed by atoms with van der Waals surface area (Å²) < 4.78 is 33.1. The fourth-order valence-corrected chi connectivity index (χ4v) is 8.35. The largest absolute Gasteiger partial charge is 0.446 e. The van der Waals surface area contributed by atoms with E-state index < -0.39 is 62.6 Å². The third kappa shape index (κ3) is 8.22. The van der Waals surface area contributed by atoms with Gasteiger partial charge in [-0.15, -0.1) is 13.2 Å². The summed E-state index contributed by atoms with van der Waals surface area (Å²) in [5.41, 5.74) is 0.0683. The van der Waals surface area contributed by atoms with Crippen LogP contribution in [-0.2, 0) is 29.1 Å². The smallest absolute Gasteiger partial charge is 0.411 e. The van der Waals surface area contributed by atoms with Crippen molar-refractivity contribution >= 4 is 45.2 Å². The molecule has 5 unspecified atom stereocenters. The number of benzene rings is 1. The molecule has 12 nitrogen and oxygen atoms in total. The average Bonchev–Trinajstić information content (AvgIpc) is 4.00. The third-order valence-corrected chi connectivity index (χ3v) is 11.9. The number of nitrogens with zero attached hydrogens (tertiary/aromatic N) is 2. The Morgan fingerprint density at radius 2 is 1.75 bits per heavy atom. The minimum absolute atomic E-state index is 0.0740. The van der Waals surface area contributed by atoms with Crippen molar-refractivity contribution in [3.63, 3.8) is 0 Å². The van der Waals surface area contributed by atoms with E-state index >= 15 is 0 Å². The molecule has 0 spiro atoms. The Bertz CT molecular complexity index is 1510. The Balaban J connectivity index is 1.29. The van der Waals surface area contributed by atoms with E-state index in [1.165, 1.54) is 12.5 Å². The summed E-state index contributed by atoms with van der Waals surface area (Å²) in [4.78, 5) is 58.1. The van der Waals surface area contributed by atoms with Gasteiger partial charge >= 0.3 is 6.09 Å². The maximum Gasteiger partial charge on any atom is 0.411 e. The number of nitrogens with one attached hydrogen (secondary N) is 3. The minimum atomic E-state index is -3.84.